The predicted octanol–water partition coefficient (Wildman–Crippen LogP) is 0.566. The minimum Gasteiger partial charge on any atom is -0.445 e. The minimum absolute atomic E-state index is 0.0367. The Bertz CT molecular complexity index is 787. The highest BCUT2D eigenvalue weighted by Gasteiger charge is 2.33. The van der Waals surface area contributed by atoms with Crippen LogP contribution < -0.4 is 5.32 Å². The number of nitrogens with zero attached hydrogens (tertiary/aromatic N) is 2. The van der Waals surface area contributed by atoms with Gasteiger partial charge >= 0.3 is 6.09 Å². The summed E-state index contributed by atoms with van der Waals surface area (Å²) in [7, 11) is -3.52. The van der Waals surface area contributed by atoms with Crippen LogP contribution in [0.1, 0.15) is 18.4 Å². The Balaban J connectivity index is 1.36. The van der Waals surface area contributed by atoms with Crippen molar-refractivity contribution < 1.29 is 27.5 Å². The number of hydrogen-bond acceptors (Lipinski definition) is 6. The zero-order valence-electron chi connectivity index (χ0n) is 16.3. The molecule has 3 rings (SSSR count). The van der Waals surface area contributed by atoms with Crippen molar-refractivity contribution in [3.63, 3.8) is 0 Å². The summed E-state index contributed by atoms with van der Waals surface area (Å²) >= 11 is 0. The predicted molar refractivity (Wildman–Crippen MR) is 106 cm³/mol. The van der Waals surface area contributed by atoms with Gasteiger partial charge in [-0.3, -0.25) is 4.79 Å². The number of carbonyl (C=O) groups excluding carboxylic acids is 2. The van der Waals surface area contributed by atoms with Crippen molar-refractivity contribution in [2.45, 2.75) is 25.6 Å². The van der Waals surface area contributed by atoms with Crippen molar-refractivity contribution in [1.29, 1.82) is 0 Å². The second kappa shape index (κ2) is 10.0. The molecular weight excluding hydrogens is 398 g/mol. The number of hydrogen-bond donors (Lipinski definition) is 1. The van der Waals surface area contributed by atoms with Gasteiger partial charge in [-0.2, -0.15) is 4.31 Å². The van der Waals surface area contributed by atoms with E-state index in [4.69, 9.17) is 9.47 Å². The van der Waals surface area contributed by atoms with Crippen molar-refractivity contribution >= 4 is 22.0 Å². The van der Waals surface area contributed by atoms with E-state index in [1.807, 2.05) is 30.3 Å². The molecule has 0 aliphatic carbocycles. The maximum absolute atomic E-state index is 12.5. The summed E-state index contributed by atoms with van der Waals surface area (Å²) in [5, 5.41) is 2.46. The van der Waals surface area contributed by atoms with Gasteiger partial charge < -0.3 is 19.7 Å². The van der Waals surface area contributed by atoms with E-state index in [1.54, 1.807) is 4.90 Å². The molecule has 1 N–H and O–H groups in total. The third-order valence-electron chi connectivity index (χ3n) is 4.99. The molecule has 2 amide bonds. The molecule has 0 saturated carbocycles. The smallest absolute Gasteiger partial charge is 0.407 e. The van der Waals surface area contributed by atoms with Crippen LogP contribution >= 0.6 is 0 Å². The molecule has 9 nitrogen and oxygen atoms in total. The van der Waals surface area contributed by atoms with Gasteiger partial charge in [-0.1, -0.05) is 30.3 Å². The van der Waals surface area contributed by atoms with Crippen LogP contribution in [0.5, 0.6) is 0 Å². The van der Waals surface area contributed by atoms with E-state index in [9.17, 15) is 18.0 Å². The summed E-state index contributed by atoms with van der Waals surface area (Å²) in [6.07, 6.45) is 0.565. The second-order valence-corrected chi connectivity index (χ2v) is 9.12. The Kier molecular flexibility index (Phi) is 7.45. The lowest BCUT2D eigenvalue weighted by Crippen LogP contribution is -2.53. The van der Waals surface area contributed by atoms with Crippen LogP contribution in [0.25, 0.3) is 0 Å². The molecule has 1 aromatic carbocycles. The van der Waals surface area contributed by atoms with Crippen LogP contribution in [-0.4, -0.2) is 80.8 Å². The molecule has 160 valence electrons. The topological polar surface area (TPSA) is 105 Å². The fraction of sp³-hybridized carbons (Fsp3) is 0.579. The van der Waals surface area contributed by atoms with Crippen LogP contribution in [0.3, 0.4) is 0 Å². The summed E-state index contributed by atoms with van der Waals surface area (Å²) in [6, 6.07) is 9.23. The van der Waals surface area contributed by atoms with Crippen molar-refractivity contribution in [1.82, 2.24) is 14.5 Å². The summed E-state index contributed by atoms with van der Waals surface area (Å²) in [5.74, 6) is -0.269. The van der Waals surface area contributed by atoms with E-state index in [0.29, 0.717) is 19.7 Å². The lowest BCUT2D eigenvalue weighted by molar-refractivity contribution is -0.142. The number of alkyl carbamates (subject to hydrolysis) is 1. The van der Waals surface area contributed by atoms with Crippen LogP contribution in [0.4, 0.5) is 4.79 Å². The fourth-order valence-corrected chi connectivity index (χ4v) is 4.69. The largest absolute Gasteiger partial charge is 0.445 e. The molecule has 0 unspecified atom stereocenters. The number of benzene rings is 1. The maximum Gasteiger partial charge on any atom is 0.407 e. The molecule has 29 heavy (non-hydrogen) atoms. The lowest BCUT2D eigenvalue weighted by Gasteiger charge is -2.35. The van der Waals surface area contributed by atoms with E-state index in [2.05, 4.69) is 5.32 Å². The Morgan fingerprint density at radius 3 is 2.52 bits per heavy atom. The zero-order valence-corrected chi connectivity index (χ0v) is 17.1. The number of ether oxygens (including phenoxy) is 2. The lowest BCUT2D eigenvalue weighted by atomic mass is 10.2. The molecule has 10 heteroatoms. The van der Waals surface area contributed by atoms with Gasteiger partial charge in [0.2, 0.25) is 10.0 Å². The summed E-state index contributed by atoms with van der Waals surface area (Å²) < 4.78 is 36.8. The fourth-order valence-electron chi connectivity index (χ4n) is 3.35. The van der Waals surface area contributed by atoms with Crippen molar-refractivity contribution in [3.05, 3.63) is 35.9 Å². The van der Waals surface area contributed by atoms with Gasteiger partial charge in [0.25, 0.3) is 5.91 Å². The molecule has 0 spiro atoms. The number of piperazine rings is 1. The van der Waals surface area contributed by atoms with Crippen LogP contribution in [0, 0.1) is 0 Å². The number of nitrogens with one attached hydrogen (secondary N) is 1. The van der Waals surface area contributed by atoms with Gasteiger partial charge in [-0.05, 0) is 18.4 Å². The first-order valence-corrected chi connectivity index (χ1v) is 11.4. The molecule has 2 saturated heterocycles. The molecule has 2 fully saturated rings. The molecule has 0 aromatic heterocycles. The van der Waals surface area contributed by atoms with Gasteiger partial charge in [0.15, 0.2) is 0 Å². The minimum atomic E-state index is -3.52. The molecule has 0 radical (unpaired) electrons. The Labute approximate surface area is 171 Å². The van der Waals surface area contributed by atoms with E-state index >= 15 is 0 Å². The molecule has 0 bridgehead atoms. The van der Waals surface area contributed by atoms with E-state index in [-0.39, 0.29) is 44.0 Å². The van der Waals surface area contributed by atoms with E-state index in [0.717, 1.165) is 18.4 Å². The third kappa shape index (κ3) is 6.15. The standard InChI is InChI=1S/C19H27N3O6S/c23-18(17-7-4-13-27-17)21-9-11-22(12-10-21)29(25,26)14-8-20-19(24)28-15-16-5-2-1-3-6-16/h1-3,5-6,17H,4,7-15H2,(H,20,24)/t17-/m0/s1. The molecule has 2 heterocycles. The van der Waals surface area contributed by atoms with Crippen molar-refractivity contribution in [2.24, 2.45) is 0 Å². The average Bonchev–Trinajstić information content (AvgIpc) is 3.27. The van der Waals surface area contributed by atoms with Crippen molar-refractivity contribution in [3.8, 4) is 0 Å². The van der Waals surface area contributed by atoms with Gasteiger partial charge in [-0.15, -0.1) is 0 Å². The number of sulfonamides is 1. The highest BCUT2D eigenvalue weighted by Crippen LogP contribution is 2.17. The quantitative estimate of drug-likeness (QED) is 0.685. The number of amides is 2. The zero-order chi connectivity index (χ0) is 20.7. The SMILES string of the molecule is O=C(NCCS(=O)(=O)N1CCN(C(=O)[C@@H]2CCCO2)CC1)OCc1ccccc1. The summed E-state index contributed by atoms with van der Waals surface area (Å²) in [5.41, 5.74) is 0.852. The monoisotopic (exact) mass is 425 g/mol. The number of carbonyl (C=O) groups is 2. The van der Waals surface area contributed by atoms with Crippen LogP contribution in [-0.2, 0) is 30.9 Å². The molecular formula is C19H27N3O6S. The third-order valence-corrected chi connectivity index (χ3v) is 6.86. The Morgan fingerprint density at radius 1 is 1.14 bits per heavy atom. The Hall–Kier alpha value is -2.17. The summed E-state index contributed by atoms with van der Waals surface area (Å²) in [4.78, 5) is 25.7. The van der Waals surface area contributed by atoms with Gasteiger partial charge in [0.05, 0.1) is 5.75 Å². The highest BCUT2D eigenvalue weighted by atomic mass is 32.2. The van der Waals surface area contributed by atoms with Crippen LogP contribution in [0.15, 0.2) is 30.3 Å². The first kappa shape index (κ1) is 21.5. The highest BCUT2D eigenvalue weighted by molar-refractivity contribution is 7.89. The maximum atomic E-state index is 12.5. The van der Waals surface area contributed by atoms with Gasteiger partial charge in [-0.25, -0.2) is 13.2 Å². The van der Waals surface area contributed by atoms with Crippen molar-refractivity contribution in [2.75, 3.05) is 45.1 Å². The summed E-state index contributed by atoms with van der Waals surface area (Å²) in [6.45, 7) is 1.89. The molecule has 2 aliphatic rings. The average molecular weight is 426 g/mol. The molecule has 2 aliphatic heterocycles. The van der Waals surface area contributed by atoms with E-state index in [1.165, 1.54) is 4.31 Å². The number of rotatable bonds is 7. The first-order chi connectivity index (χ1) is 14.0. The van der Waals surface area contributed by atoms with Gasteiger partial charge in [0, 0.05) is 39.3 Å². The second-order valence-electron chi connectivity index (χ2n) is 7.03. The van der Waals surface area contributed by atoms with Crippen LogP contribution in [0.2, 0.25) is 0 Å². The Morgan fingerprint density at radius 2 is 1.86 bits per heavy atom. The van der Waals surface area contributed by atoms with Gasteiger partial charge in [0.1, 0.15) is 12.7 Å². The molecule has 1 atom stereocenters. The molecule has 1 aromatic rings. The van der Waals surface area contributed by atoms with E-state index < -0.39 is 16.1 Å². The first-order valence-electron chi connectivity index (χ1n) is 9.78. The normalized spacial score (nSPS) is 20.4.